The van der Waals surface area contributed by atoms with E-state index in [9.17, 15) is 9.90 Å². The van der Waals surface area contributed by atoms with Crippen LogP contribution in [0, 0.1) is 0 Å². The number of carboxylic acids is 1. The standard InChI is InChI=1S/C19H27NO3/c1-4-5-8-20-12-14(7-6-9-21)17-11-15(19(22)23)10-16(13(2)3)18(17)20/h10-13,21H,4-9H2,1-3H3,(H,22,23). The molecule has 0 aliphatic carbocycles. The summed E-state index contributed by atoms with van der Waals surface area (Å²) in [4.78, 5) is 11.5. The molecule has 0 saturated carbocycles. The lowest BCUT2D eigenvalue weighted by atomic mass is 9.95. The Bertz CT molecular complexity index is 685. The summed E-state index contributed by atoms with van der Waals surface area (Å²) in [6, 6.07) is 3.60. The van der Waals surface area contributed by atoms with E-state index in [0.29, 0.717) is 12.0 Å². The van der Waals surface area contributed by atoms with Crippen molar-refractivity contribution in [2.24, 2.45) is 0 Å². The van der Waals surface area contributed by atoms with Gasteiger partial charge in [-0.1, -0.05) is 27.2 Å². The van der Waals surface area contributed by atoms with Gasteiger partial charge < -0.3 is 14.8 Å². The third kappa shape index (κ3) is 3.75. The van der Waals surface area contributed by atoms with E-state index in [1.54, 1.807) is 6.07 Å². The van der Waals surface area contributed by atoms with Crippen molar-refractivity contribution in [3.05, 3.63) is 35.0 Å². The van der Waals surface area contributed by atoms with Crippen molar-refractivity contribution in [1.29, 1.82) is 0 Å². The number of carbonyl (C=O) groups is 1. The second kappa shape index (κ2) is 7.64. The predicted molar refractivity (Wildman–Crippen MR) is 93.3 cm³/mol. The number of hydrogen-bond donors (Lipinski definition) is 2. The third-order valence-corrected chi connectivity index (χ3v) is 4.31. The highest BCUT2D eigenvalue weighted by atomic mass is 16.4. The molecule has 0 spiro atoms. The number of aromatic carboxylic acids is 1. The molecule has 2 rings (SSSR count). The van der Waals surface area contributed by atoms with Crippen LogP contribution in [-0.2, 0) is 13.0 Å². The summed E-state index contributed by atoms with van der Waals surface area (Å²) in [6.07, 6.45) is 5.83. The Kier molecular flexibility index (Phi) is 5.83. The topological polar surface area (TPSA) is 62.5 Å². The molecule has 0 aliphatic heterocycles. The fourth-order valence-corrected chi connectivity index (χ4v) is 3.08. The maximum Gasteiger partial charge on any atom is 0.335 e. The Morgan fingerprint density at radius 2 is 2.00 bits per heavy atom. The summed E-state index contributed by atoms with van der Waals surface area (Å²) < 4.78 is 2.27. The number of benzene rings is 1. The normalized spacial score (nSPS) is 11.5. The van der Waals surface area contributed by atoms with Gasteiger partial charge in [0.05, 0.1) is 11.1 Å². The minimum atomic E-state index is -0.886. The lowest BCUT2D eigenvalue weighted by Crippen LogP contribution is -2.03. The monoisotopic (exact) mass is 317 g/mol. The molecule has 0 radical (unpaired) electrons. The zero-order chi connectivity index (χ0) is 17.0. The molecule has 1 aromatic carbocycles. The Hall–Kier alpha value is -1.81. The van der Waals surface area contributed by atoms with E-state index in [2.05, 4.69) is 31.5 Å². The molecular formula is C19H27NO3. The summed E-state index contributed by atoms with van der Waals surface area (Å²) in [5, 5.41) is 19.6. The number of unbranched alkanes of at least 4 members (excludes halogenated alkanes) is 1. The second-order valence-corrected chi connectivity index (χ2v) is 6.45. The lowest BCUT2D eigenvalue weighted by Gasteiger charge is -2.13. The van der Waals surface area contributed by atoms with Crippen molar-refractivity contribution < 1.29 is 15.0 Å². The average Bonchev–Trinajstić information content (AvgIpc) is 2.87. The van der Waals surface area contributed by atoms with Crippen LogP contribution in [0.15, 0.2) is 18.3 Å². The fraction of sp³-hybridized carbons (Fsp3) is 0.526. The van der Waals surface area contributed by atoms with E-state index in [4.69, 9.17) is 5.11 Å². The second-order valence-electron chi connectivity index (χ2n) is 6.45. The summed E-state index contributed by atoms with van der Waals surface area (Å²) in [6.45, 7) is 7.47. The van der Waals surface area contributed by atoms with Crippen LogP contribution >= 0.6 is 0 Å². The minimum Gasteiger partial charge on any atom is -0.478 e. The van der Waals surface area contributed by atoms with Gasteiger partial charge in [0.25, 0.3) is 0 Å². The largest absolute Gasteiger partial charge is 0.478 e. The molecule has 0 amide bonds. The van der Waals surface area contributed by atoms with Crippen LogP contribution in [0.3, 0.4) is 0 Å². The van der Waals surface area contributed by atoms with Gasteiger partial charge in [0.15, 0.2) is 0 Å². The maximum atomic E-state index is 11.5. The molecule has 4 heteroatoms. The summed E-state index contributed by atoms with van der Waals surface area (Å²) in [5.74, 6) is -0.624. The fourth-order valence-electron chi connectivity index (χ4n) is 3.08. The number of rotatable bonds is 8. The average molecular weight is 317 g/mol. The first kappa shape index (κ1) is 17.5. The van der Waals surface area contributed by atoms with Crippen LogP contribution in [0.1, 0.15) is 67.4 Å². The van der Waals surface area contributed by atoms with Crippen molar-refractivity contribution in [3.8, 4) is 0 Å². The number of aliphatic hydroxyl groups excluding tert-OH is 1. The Labute approximate surface area is 137 Å². The lowest BCUT2D eigenvalue weighted by molar-refractivity contribution is 0.0697. The van der Waals surface area contributed by atoms with E-state index in [1.807, 2.05) is 6.07 Å². The van der Waals surface area contributed by atoms with Gasteiger partial charge in [0, 0.05) is 24.7 Å². The van der Waals surface area contributed by atoms with Gasteiger partial charge in [-0.05, 0) is 48.4 Å². The van der Waals surface area contributed by atoms with Crippen LogP contribution in [0.2, 0.25) is 0 Å². The molecule has 23 heavy (non-hydrogen) atoms. The minimum absolute atomic E-state index is 0.150. The van der Waals surface area contributed by atoms with Gasteiger partial charge in [-0.25, -0.2) is 4.79 Å². The van der Waals surface area contributed by atoms with Gasteiger partial charge >= 0.3 is 5.97 Å². The molecule has 126 valence electrons. The molecule has 2 N–H and O–H groups in total. The first-order valence-electron chi connectivity index (χ1n) is 8.49. The number of aromatic nitrogens is 1. The van der Waals surface area contributed by atoms with Crippen LogP contribution in [0.25, 0.3) is 10.9 Å². The zero-order valence-electron chi connectivity index (χ0n) is 14.3. The smallest absolute Gasteiger partial charge is 0.335 e. The summed E-state index contributed by atoms with van der Waals surface area (Å²) >= 11 is 0. The van der Waals surface area contributed by atoms with E-state index in [1.165, 1.54) is 0 Å². The van der Waals surface area contributed by atoms with Crippen molar-refractivity contribution in [2.45, 2.75) is 58.9 Å². The summed E-state index contributed by atoms with van der Waals surface area (Å²) in [7, 11) is 0. The predicted octanol–water partition coefficient (Wildman–Crippen LogP) is 4.19. The number of carboxylic acid groups (broad SMARTS) is 1. The van der Waals surface area contributed by atoms with Crippen LogP contribution < -0.4 is 0 Å². The SMILES string of the molecule is CCCCn1cc(CCCO)c2cc(C(=O)O)cc(C(C)C)c21. The van der Waals surface area contributed by atoms with Crippen LogP contribution in [0.5, 0.6) is 0 Å². The molecule has 0 atom stereocenters. The maximum absolute atomic E-state index is 11.5. The molecule has 1 heterocycles. The quantitative estimate of drug-likeness (QED) is 0.767. The van der Waals surface area contributed by atoms with E-state index in [-0.39, 0.29) is 12.5 Å². The van der Waals surface area contributed by atoms with Crippen molar-refractivity contribution in [2.75, 3.05) is 6.61 Å². The van der Waals surface area contributed by atoms with E-state index >= 15 is 0 Å². The van der Waals surface area contributed by atoms with Crippen molar-refractivity contribution in [1.82, 2.24) is 4.57 Å². The Morgan fingerprint density at radius 3 is 2.57 bits per heavy atom. The highest BCUT2D eigenvalue weighted by Gasteiger charge is 2.17. The van der Waals surface area contributed by atoms with Crippen LogP contribution in [0.4, 0.5) is 0 Å². The molecule has 0 unspecified atom stereocenters. The molecule has 2 aromatic rings. The van der Waals surface area contributed by atoms with E-state index in [0.717, 1.165) is 47.8 Å². The first-order valence-corrected chi connectivity index (χ1v) is 8.49. The van der Waals surface area contributed by atoms with Gasteiger partial charge in [-0.3, -0.25) is 0 Å². The Morgan fingerprint density at radius 1 is 1.26 bits per heavy atom. The van der Waals surface area contributed by atoms with Crippen LogP contribution in [-0.4, -0.2) is 27.4 Å². The van der Waals surface area contributed by atoms with Gasteiger partial charge in [0.1, 0.15) is 0 Å². The molecule has 4 nitrogen and oxygen atoms in total. The highest BCUT2D eigenvalue weighted by molar-refractivity contribution is 5.97. The van der Waals surface area contributed by atoms with Gasteiger partial charge in [-0.2, -0.15) is 0 Å². The Balaban J connectivity index is 2.68. The number of fused-ring (bicyclic) bond motifs is 1. The van der Waals surface area contributed by atoms with E-state index < -0.39 is 5.97 Å². The molecule has 0 aliphatic rings. The van der Waals surface area contributed by atoms with Crippen molar-refractivity contribution in [3.63, 3.8) is 0 Å². The molecular weight excluding hydrogens is 290 g/mol. The third-order valence-electron chi connectivity index (χ3n) is 4.31. The molecule has 0 bridgehead atoms. The van der Waals surface area contributed by atoms with Gasteiger partial charge in [0.2, 0.25) is 0 Å². The number of nitrogens with zero attached hydrogens (tertiary/aromatic N) is 1. The zero-order valence-corrected chi connectivity index (χ0v) is 14.3. The van der Waals surface area contributed by atoms with Crippen molar-refractivity contribution >= 4 is 16.9 Å². The van der Waals surface area contributed by atoms with Gasteiger partial charge in [-0.15, -0.1) is 0 Å². The number of aliphatic hydroxyl groups is 1. The number of hydrogen-bond acceptors (Lipinski definition) is 2. The molecule has 0 saturated heterocycles. The molecule has 0 fully saturated rings. The number of aryl methyl sites for hydroxylation is 2. The summed E-state index contributed by atoms with van der Waals surface area (Å²) in [5.41, 5.74) is 3.73. The first-order chi connectivity index (χ1) is 11.0. The highest BCUT2D eigenvalue weighted by Crippen LogP contribution is 2.32. The molecule has 1 aromatic heterocycles.